The van der Waals surface area contributed by atoms with Gasteiger partial charge in [0.25, 0.3) is 0 Å². The number of fused-ring (bicyclic) bond motifs is 1. The SMILES string of the molecule is CC1(C)CCCCC1.COC(=O)c1ccc2nc(C(C)(C)c3ccc(OC(F)(F)F)cc3)[nH]c2c1. The van der Waals surface area contributed by atoms with E-state index in [0.29, 0.717) is 27.8 Å². The summed E-state index contributed by atoms with van der Waals surface area (Å²) in [5.74, 6) is -0.119. The number of H-pyrrole nitrogens is 1. The summed E-state index contributed by atoms with van der Waals surface area (Å²) in [5.41, 5.74) is 2.55. The van der Waals surface area contributed by atoms with E-state index in [9.17, 15) is 18.0 Å². The number of hydrogen-bond donors (Lipinski definition) is 1. The molecule has 0 unspecified atom stereocenters. The number of aromatic nitrogens is 2. The number of alkyl halides is 3. The van der Waals surface area contributed by atoms with Crippen LogP contribution in [0.15, 0.2) is 42.5 Å². The van der Waals surface area contributed by atoms with Crippen LogP contribution >= 0.6 is 0 Å². The Morgan fingerprint density at radius 3 is 2.14 bits per heavy atom. The van der Waals surface area contributed by atoms with E-state index in [1.54, 1.807) is 30.3 Å². The smallest absolute Gasteiger partial charge is 0.465 e. The summed E-state index contributed by atoms with van der Waals surface area (Å²) < 4.78 is 45.5. The summed E-state index contributed by atoms with van der Waals surface area (Å²) in [6.07, 6.45) is 2.58. The van der Waals surface area contributed by atoms with Crippen molar-refractivity contribution in [2.75, 3.05) is 7.11 Å². The Morgan fingerprint density at radius 2 is 1.63 bits per heavy atom. The van der Waals surface area contributed by atoms with Gasteiger partial charge in [0, 0.05) is 5.41 Å². The van der Waals surface area contributed by atoms with E-state index in [1.807, 2.05) is 13.8 Å². The second kappa shape index (κ2) is 10.3. The lowest BCUT2D eigenvalue weighted by Gasteiger charge is -2.28. The Hall–Kier alpha value is -3.03. The summed E-state index contributed by atoms with van der Waals surface area (Å²) in [4.78, 5) is 19.4. The van der Waals surface area contributed by atoms with E-state index in [1.165, 1.54) is 51.3 Å². The van der Waals surface area contributed by atoms with E-state index in [4.69, 9.17) is 4.74 Å². The van der Waals surface area contributed by atoms with Gasteiger partial charge in [0.15, 0.2) is 0 Å². The number of carbonyl (C=O) groups is 1. The summed E-state index contributed by atoms with van der Waals surface area (Å²) in [6.45, 7) is 8.55. The van der Waals surface area contributed by atoms with E-state index < -0.39 is 17.7 Å². The highest BCUT2D eigenvalue weighted by Gasteiger charge is 2.32. The van der Waals surface area contributed by atoms with Crippen molar-refractivity contribution in [1.29, 1.82) is 0 Å². The Morgan fingerprint density at radius 1 is 1.00 bits per heavy atom. The van der Waals surface area contributed by atoms with E-state index in [-0.39, 0.29) is 5.75 Å². The molecule has 1 fully saturated rings. The minimum Gasteiger partial charge on any atom is -0.465 e. The van der Waals surface area contributed by atoms with Crippen LogP contribution in [-0.4, -0.2) is 29.4 Å². The molecule has 1 aliphatic rings. The van der Waals surface area contributed by atoms with Crippen LogP contribution in [-0.2, 0) is 10.2 Å². The lowest BCUT2D eigenvalue weighted by atomic mass is 9.78. The summed E-state index contributed by atoms with van der Waals surface area (Å²) >= 11 is 0. The van der Waals surface area contributed by atoms with Crippen LogP contribution < -0.4 is 4.74 Å². The summed E-state index contributed by atoms with van der Waals surface area (Å²) in [5, 5.41) is 0. The lowest BCUT2D eigenvalue weighted by molar-refractivity contribution is -0.274. The van der Waals surface area contributed by atoms with Gasteiger partial charge in [-0.1, -0.05) is 45.2 Å². The predicted octanol–water partition coefficient (Wildman–Crippen LogP) is 7.55. The normalized spacial score (nSPS) is 15.8. The van der Waals surface area contributed by atoms with Crippen LogP contribution in [0.2, 0.25) is 0 Å². The molecule has 35 heavy (non-hydrogen) atoms. The number of benzene rings is 2. The van der Waals surface area contributed by atoms with Gasteiger partial charge in [0.1, 0.15) is 11.6 Å². The molecule has 1 aliphatic carbocycles. The minimum atomic E-state index is -4.73. The van der Waals surface area contributed by atoms with Crippen molar-refractivity contribution in [2.24, 2.45) is 5.41 Å². The first-order valence-corrected chi connectivity index (χ1v) is 11.8. The number of nitrogens with one attached hydrogen (secondary N) is 1. The van der Waals surface area contributed by atoms with Crippen LogP contribution in [0.1, 0.15) is 81.5 Å². The van der Waals surface area contributed by atoms with Crippen molar-refractivity contribution in [2.45, 2.75) is 71.6 Å². The third-order valence-electron chi connectivity index (χ3n) is 6.51. The number of hydrogen-bond acceptors (Lipinski definition) is 4. The monoisotopic (exact) mass is 490 g/mol. The zero-order valence-electron chi connectivity index (χ0n) is 20.9. The molecule has 8 heteroatoms. The van der Waals surface area contributed by atoms with Crippen molar-refractivity contribution in [3.8, 4) is 5.75 Å². The van der Waals surface area contributed by atoms with Gasteiger partial charge in [-0.2, -0.15) is 0 Å². The summed E-state index contributed by atoms with van der Waals surface area (Å²) in [7, 11) is 1.31. The molecule has 1 saturated carbocycles. The predicted molar refractivity (Wildman–Crippen MR) is 130 cm³/mol. The molecule has 0 saturated heterocycles. The first kappa shape index (κ1) is 26.6. The average Bonchev–Trinajstić information content (AvgIpc) is 3.22. The molecular formula is C27H33F3N2O3. The number of carbonyl (C=O) groups excluding carboxylic acids is 1. The second-order valence-corrected chi connectivity index (χ2v) is 10.2. The number of ether oxygens (including phenoxy) is 2. The van der Waals surface area contributed by atoms with Gasteiger partial charge in [-0.25, -0.2) is 9.78 Å². The minimum absolute atomic E-state index is 0.283. The van der Waals surface area contributed by atoms with Crippen molar-refractivity contribution >= 4 is 17.0 Å². The lowest BCUT2D eigenvalue weighted by Crippen LogP contribution is -2.21. The van der Waals surface area contributed by atoms with Gasteiger partial charge in [-0.3, -0.25) is 0 Å². The molecule has 4 rings (SSSR count). The Labute approximate surface area is 204 Å². The van der Waals surface area contributed by atoms with Crippen molar-refractivity contribution in [1.82, 2.24) is 9.97 Å². The maximum atomic E-state index is 12.3. The molecular weight excluding hydrogens is 457 g/mol. The maximum absolute atomic E-state index is 12.3. The number of esters is 1. The second-order valence-electron chi connectivity index (χ2n) is 10.2. The third kappa shape index (κ3) is 6.99. The molecule has 0 atom stereocenters. The molecule has 3 aromatic rings. The number of rotatable bonds is 4. The van der Waals surface area contributed by atoms with Crippen LogP contribution in [0.5, 0.6) is 5.75 Å². The first-order chi connectivity index (χ1) is 16.3. The molecule has 0 spiro atoms. The van der Waals surface area contributed by atoms with Crippen LogP contribution in [0, 0.1) is 5.41 Å². The largest absolute Gasteiger partial charge is 0.573 e. The number of nitrogens with zero attached hydrogens (tertiary/aromatic N) is 1. The molecule has 0 aliphatic heterocycles. The molecule has 0 radical (unpaired) electrons. The maximum Gasteiger partial charge on any atom is 0.573 e. The van der Waals surface area contributed by atoms with Crippen molar-refractivity contribution in [3.05, 3.63) is 59.4 Å². The number of methoxy groups -OCH3 is 1. The number of imidazole rings is 1. The average molecular weight is 491 g/mol. The molecule has 5 nitrogen and oxygen atoms in total. The Balaban J connectivity index is 0.000000363. The highest BCUT2D eigenvalue weighted by molar-refractivity contribution is 5.93. The van der Waals surface area contributed by atoms with Gasteiger partial charge in [-0.15, -0.1) is 13.2 Å². The van der Waals surface area contributed by atoms with Crippen LogP contribution in [0.3, 0.4) is 0 Å². The highest BCUT2D eigenvalue weighted by Crippen LogP contribution is 2.35. The van der Waals surface area contributed by atoms with Crippen molar-refractivity contribution in [3.63, 3.8) is 0 Å². The number of aromatic amines is 1. The first-order valence-electron chi connectivity index (χ1n) is 11.8. The zero-order valence-corrected chi connectivity index (χ0v) is 20.9. The molecule has 0 amide bonds. The molecule has 2 aromatic carbocycles. The van der Waals surface area contributed by atoms with E-state index in [0.717, 1.165) is 5.56 Å². The summed E-state index contributed by atoms with van der Waals surface area (Å²) in [6, 6.07) is 10.6. The Kier molecular flexibility index (Phi) is 7.82. The molecule has 1 heterocycles. The zero-order chi connectivity index (χ0) is 25.9. The standard InChI is InChI=1S/C19H17F3N2O3.C8H16/c1-18(2,12-5-7-13(8-6-12)27-19(20,21)22)17-23-14-9-4-11(16(25)26-3)10-15(14)24-17;1-8(2)6-4-3-5-7-8/h4-10H,1-3H3,(H,23,24);3-7H2,1-2H3. The number of halogens is 3. The van der Waals surface area contributed by atoms with Crippen LogP contribution in [0.4, 0.5) is 13.2 Å². The van der Waals surface area contributed by atoms with Gasteiger partial charge in [0.2, 0.25) is 0 Å². The molecule has 1 aromatic heterocycles. The van der Waals surface area contributed by atoms with Gasteiger partial charge in [-0.05, 0) is 68.0 Å². The van der Waals surface area contributed by atoms with E-state index in [2.05, 4.69) is 28.6 Å². The molecule has 190 valence electrons. The quantitative estimate of drug-likeness (QED) is 0.384. The van der Waals surface area contributed by atoms with Crippen molar-refractivity contribution < 1.29 is 27.4 Å². The fourth-order valence-corrected chi connectivity index (χ4v) is 4.27. The molecule has 0 bridgehead atoms. The van der Waals surface area contributed by atoms with Gasteiger partial charge < -0.3 is 14.5 Å². The fraction of sp³-hybridized carbons (Fsp3) is 0.481. The third-order valence-corrected chi connectivity index (χ3v) is 6.51. The van der Waals surface area contributed by atoms with E-state index >= 15 is 0 Å². The van der Waals surface area contributed by atoms with Gasteiger partial charge >= 0.3 is 12.3 Å². The highest BCUT2D eigenvalue weighted by atomic mass is 19.4. The molecule has 1 N–H and O–H groups in total. The fourth-order valence-electron chi connectivity index (χ4n) is 4.27. The van der Waals surface area contributed by atoms with Crippen LogP contribution in [0.25, 0.3) is 11.0 Å². The topological polar surface area (TPSA) is 64.2 Å². The Bertz CT molecular complexity index is 1140. The van der Waals surface area contributed by atoms with Gasteiger partial charge in [0.05, 0.1) is 23.7 Å².